The first-order valence-electron chi connectivity index (χ1n) is 8.80. The Morgan fingerprint density at radius 3 is 2.80 bits per heavy atom. The number of ether oxygens (including phenoxy) is 1. The summed E-state index contributed by atoms with van der Waals surface area (Å²) in [5.41, 5.74) is 1.11. The number of carbonyl (C=O) groups is 1. The molecule has 6 nitrogen and oxygen atoms in total. The lowest BCUT2D eigenvalue weighted by molar-refractivity contribution is -0.147. The average molecular weight is 363 g/mol. The van der Waals surface area contributed by atoms with Gasteiger partial charge >= 0.3 is 5.97 Å². The standard InChI is InChI=1S/C18H25N3O3S/c1-6-24-17(23)10(2)21-16(22)14-12-8-7-11(18(3,4)5)9-13(12)25-15(14)19-20-21/h10-11H,6-9H2,1-5H3/t10-,11-/m0/s1. The van der Waals surface area contributed by atoms with E-state index in [-0.39, 0.29) is 17.6 Å². The molecule has 1 aliphatic carbocycles. The van der Waals surface area contributed by atoms with Crippen LogP contribution in [0.15, 0.2) is 4.79 Å². The zero-order valence-electron chi connectivity index (χ0n) is 15.5. The van der Waals surface area contributed by atoms with Crippen LogP contribution in [0.1, 0.15) is 57.5 Å². The fraction of sp³-hybridized carbons (Fsp3) is 0.667. The monoisotopic (exact) mass is 363 g/mol. The molecule has 7 heteroatoms. The van der Waals surface area contributed by atoms with Crippen LogP contribution in [0, 0.1) is 11.3 Å². The summed E-state index contributed by atoms with van der Waals surface area (Å²) in [7, 11) is 0. The molecule has 0 amide bonds. The molecule has 2 aromatic rings. The van der Waals surface area contributed by atoms with Gasteiger partial charge in [-0.05, 0) is 50.0 Å². The highest BCUT2D eigenvalue weighted by molar-refractivity contribution is 7.18. The molecule has 0 unspecified atom stereocenters. The van der Waals surface area contributed by atoms with Gasteiger partial charge in [-0.15, -0.1) is 16.4 Å². The van der Waals surface area contributed by atoms with Crippen LogP contribution >= 0.6 is 11.3 Å². The molecule has 0 aromatic carbocycles. The topological polar surface area (TPSA) is 74.1 Å². The molecular weight excluding hydrogens is 338 g/mol. The van der Waals surface area contributed by atoms with E-state index < -0.39 is 12.0 Å². The van der Waals surface area contributed by atoms with Crippen molar-refractivity contribution in [2.45, 2.75) is 59.9 Å². The third-order valence-electron chi connectivity index (χ3n) is 5.12. The molecule has 0 spiro atoms. The normalized spacial score (nSPS) is 18.8. The van der Waals surface area contributed by atoms with E-state index in [1.807, 2.05) is 0 Å². The number of aromatic nitrogens is 3. The van der Waals surface area contributed by atoms with Gasteiger partial charge in [0.15, 0.2) is 10.9 Å². The number of carbonyl (C=O) groups excluding carboxylic acids is 1. The first-order chi connectivity index (χ1) is 11.7. The second-order valence-corrected chi connectivity index (χ2v) is 8.84. The van der Waals surface area contributed by atoms with Gasteiger partial charge in [-0.1, -0.05) is 26.0 Å². The zero-order valence-corrected chi connectivity index (χ0v) is 16.3. The van der Waals surface area contributed by atoms with E-state index >= 15 is 0 Å². The van der Waals surface area contributed by atoms with Crippen molar-refractivity contribution in [1.29, 1.82) is 0 Å². The number of hydrogen-bond acceptors (Lipinski definition) is 6. The summed E-state index contributed by atoms with van der Waals surface area (Å²) in [6.07, 6.45) is 2.93. The lowest BCUT2D eigenvalue weighted by Gasteiger charge is -2.33. The molecule has 2 heterocycles. The Morgan fingerprint density at radius 1 is 1.44 bits per heavy atom. The largest absolute Gasteiger partial charge is 0.464 e. The van der Waals surface area contributed by atoms with Gasteiger partial charge in [0, 0.05) is 4.88 Å². The smallest absolute Gasteiger partial charge is 0.330 e. The second kappa shape index (κ2) is 6.52. The van der Waals surface area contributed by atoms with Crippen molar-refractivity contribution in [2.75, 3.05) is 6.61 Å². The Hall–Kier alpha value is -1.76. The molecule has 0 bridgehead atoms. The number of nitrogens with zero attached hydrogens (tertiary/aromatic N) is 3. The molecule has 0 saturated heterocycles. The summed E-state index contributed by atoms with van der Waals surface area (Å²) in [4.78, 5) is 26.8. The van der Waals surface area contributed by atoms with Gasteiger partial charge in [0.1, 0.15) is 0 Å². The third-order valence-corrected chi connectivity index (χ3v) is 6.26. The zero-order chi connectivity index (χ0) is 18.4. The SMILES string of the molecule is CCOC(=O)[C@H](C)n1nnc2sc3c(c2c1=O)CC[C@H](C(C)(C)C)C3. The molecule has 2 atom stereocenters. The number of rotatable bonds is 3. The average Bonchev–Trinajstić information content (AvgIpc) is 2.92. The lowest BCUT2D eigenvalue weighted by Crippen LogP contribution is -2.32. The number of fused-ring (bicyclic) bond motifs is 3. The van der Waals surface area contributed by atoms with Crippen molar-refractivity contribution >= 4 is 27.5 Å². The summed E-state index contributed by atoms with van der Waals surface area (Å²) in [6, 6.07) is -0.772. The summed E-state index contributed by atoms with van der Waals surface area (Å²) >= 11 is 1.57. The second-order valence-electron chi connectivity index (χ2n) is 7.76. The van der Waals surface area contributed by atoms with E-state index in [1.165, 1.54) is 4.88 Å². The van der Waals surface area contributed by atoms with Crippen LogP contribution in [0.4, 0.5) is 0 Å². The highest BCUT2D eigenvalue weighted by Crippen LogP contribution is 2.41. The van der Waals surface area contributed by atoms with Crippen LogP contribution in [-0.2, 0) is 22.4 Å². The van der Waals surface area contributed by atoms with Crippen LogP contribution < -0.4 is 5.56 Å². The van der Waals surface area contributed by atoms with E-state index in [0.717, 1.165) is 29.5 Å². The van der Waals surface area contributed by atoms with Gasteiger partial charge in [0.05, 0.1) is 12.0 Å². The number of thiophene rings is 1. The first kappa shape index (κ1) is 18.0. The first-order valence-corrected chi connectivity index (χ1v) is 9.62. The molecule has 136 valence electrons. The highest BCUT2D eigenvalue weighted by Gasteiger charge is 2.32. The van der Waals surface area contributed by atoms with Gasteiger partial charge in [-0.2, -0.15) is 4.68 Å². The Labute approximate surface area is 151 Å². The molecule has 0 radical (unpaired) electrons. The van der Waals surface area contributed by atoms with Crippen molar-refractivity contribution < 1.29 is 9.53 Å². The molecule has 1 aliphatic rings. The molecule has 0 fully saturated rings. The van der Waals surface area contributed by atoms with Crippen molar-refractivity contribution in [3.63, 3.8) is 0 Å². The minimum absolute atomic E-state index is 0.239. The Kier molecular flexibility index (Phi) is 4.70. The van der Waals surface area contributed by atoms with E-state index in [2.05, 4.69) is 31.1 Å². The minimum atomic E-state index is -0.772. The van der Waals surface area contributed by atoms with Crippen LogP contribution in [-0.4, -0.2) is 27.6 Å². The molecule has 25 heavy (non-hydrogen) atoms. The highest BCUT2D eigenvalue weighted by atomic mass is 32.1. The molecular formula is C18H25N3O3S. The van der Waals surface area contributed by atoms with Crippen LogP contribution in [0.2, 0.25) is 0 Å². The van der Waals surface area contributed by atoms with Gasteiger partial charge in [0.2, 0.25) is 0 Å². The number of hydrogen-bond donors (Lipinski definition) is 0. The fourth-order valence-electron chi connectivity index (χ4n) is 3.46. The van der Waals surface area contributed by atoms with Crippen molar-refractivity contribution in [3.8, 4) is 0 Å². The molecule has 0 N–H and O–H groups in total. The quantitative estimate of drug-likeness (QED) is 0.783. The van der Waals surface area contributed by atoms with E-state index in [4.69, 9.17) is 4.74 Å². The van der Waals surface area contributed by atoms with Crippen molar-refractivity contribution in [1.82, 2.24) is 15.0 Å². The van der Waals surface area contributed by atoms with Gasteiger partial charge < -0.3 is 4.74 Å². The van der Waals surface area contributed by atoms with E-state index in [0.29, 0.717) is 16.1 Å². The number of esters is 1. The third kappa shape index (κ3) is 3.21. The van der Waals surface area contributed by atoms with Gasteiger partial charge in [0.25, 0.3) is 5.56 Å². The van der Waals surface area contributed by atoms with Gasteiger partial charge in [-0.3, -0.25) is 4.79 Å². The summed E-state index contributed by atoms with van der Waals surface area (Å²) < 4.78 is 6.16. The van der Waals surface area contributed by atoms with Gasteiger partial charge in [-0.25, -0.2) is 4.79 Å². The molecule has 3 rings (SSSR count). The summed E-state index contributed by atoms with van der Waals surface area (Å²) in [5.74, 6) is 0.136. The van der Waals surface area contributed by atoms with Crippen molar-refractivity contribution in [2.24, 2.45) is 11.3 Å². The van der Waals surface area contributed by atoms with Crippen molar-refractivity contribution in [3.05, 3.63) is 20.8 Å². The van der Waals surface area contributed by atoms with Crippen LogP contribution in [0.25, 0.3) is 10.2 Å². The summed E-state index contributed by atoms with van der Waals surface area (Å²) in [6.45, 7) is 10.4. The van der Waals surface area contributed by atoms with Crippen LogP contribution in [0.5, 0.6) is 0 Å². The molecule has 2 aromatic heterocycles. The minimum Gasteiger partial charge on any atom is -0.464 e. The summed E-state index contributed by atoms with van der Waals surface area (Å²) in [5, 5.41) is 8.84. The number of aryl methyl sites for hydroxylation is 1. The van der Waals surface area contributed by atoms with E-state index in [9.17, 15) is 9.59 Å². The predicted octanol–water partition coefficient (Wildman–Crippen LogP) is 3.13. The maximum atomic E-state index is 12.9. The maximum Gasteiger partial charge on any atom is 0.330 e. The Balaban J connectivity index is 2.04. The van der Waals surface area contributed by atoms with E-state index in [1.54, 1.807) is 25.2 Å². The molecule has 0 aliphatic heterocycles. The predicted molar refractivity (Wildman–Crippen MR) is 98.0 cm³/mol. The van der Waals surface area contributed by atoms with Crippen LogP contribution in [0.3, 0.4) is 0 Å². The Morgan fingerprint density at radius 2 is 2.16 bits per heavy atom. The molecule has 0 saturated carbocycles. The lowest BCUT2D eigenvalue weighted by atomic mass is 9.72. The fourth-order valence-corrected chi connectivity index (χ4v) is 4.70. The Bertz CT molecular complexity index is 863. The maximum absolute atomic E-state index is 12.9.